The van der Waals surface area contributed by atoms with E-state index in [0.29, 0.717) is 6.54 Å². The number of aromatic nitrogens is 2. The molecular weight excluding hydrogens is 232 g/mol. The molecule has 0 aliphatic carbocycles. The number of unbranched alkanes of at least 4 members (excludes halogenated alkanes) is 2. The van der Waals surface area contributed by atoms with Gasteiger partial charge in [-0.2, -0.15) is 5.10 Å². The lowest BCUT2D eigenvalue weighted by Gasteiger charge is -2.20. The van der Waals surface area contributed by atoms with Crippen molar-refractivity contribution in [3.05, 3.63) is 18.0 Å². The highest BCUT2D eigenvalue weighted by Crippen LogP contribution is 2.11. The molecule has 1 unspecified atom stereocenters. The maximum Gasteiger partial charge on any atom is 0.243 e. The fourth-order valence-electron chi connectivity index (χ4n) is 1.73. The van der Waals surface area contributed by atoms with E-state index in [0.717, 1.165) is 24.8 Å². The molecule has 0 fully saturated rings. The standard InChI is InChI=1S/C12H22N4O2/c1-15(6-4-3-5-7-17)12(18)11(13)10-8-14-16(2)9-10/h8-9,11,17H,3-7,13H2,1-2H3. The fourth-order valence-corrected chi connectivity index (χ4v) is 1.73. The number of rotatable bonds is 7. The lowest BCUT2D eigenvalue weighted by molar-refractivity contribution is -0.131. The van der Waals surface area contributed by atoms with E-state index >= 15 is 0 Å². The van der Waals surface area contributed by atoms with Crippen LogP contribution in [0.2, 0.25) is 0 Å². The Hall–Kier alpha value is -1.40. The Kier molecular flexibility index (Phi) is 5.80. The first-order chi connectivity index (χ1) is 8.56. The number of aliphatic hydroxyl groups is 1. The minimum Gasteiger partial charge on any atom is -0.396 e. The third kappa shape index (κ3) is 4.12. The quantitative estimate of drug-likeness (QED) is 0.673. The van der Waals surface area contributed by atoms with E-state index in [1.54, 1.807) is 36.1 Å². The number of hydrogen-bond acceptors (Lipinski definition) is 4. The summed E-state index contributed by atoms with van der Waals surface area (Å²) in [5.41, 5.74) is 6.63. The van der Waals surface area contributed by atoms with Crippen LogP contribution in [0, 0.1) is 0 Å². The van der Waals surface area contributed by atoms with Crippen molar-refractivity contribution >= 4 is 5.91 Å². The Morgan fingerprint density at radius 2 is 2.28 bits per heavy atom. The predicted octanol–water partition coefficient (Wildman–Crippen LogP) is 0.0409. The summed E-state index contributed by atoms with van der Waals surface area (Å²) in [6, 6.07) is -0.651. The van der Waals surface area contributed by atoms with Gasteiger partial charge in [0.2, 0.25) is 5.91 Å². The van der Waals surface area contributed by atoms with Gasteiger partial charge in [-0.05, 0) is 19.3 Å². The average molecular weight is 254 g/mol. The maximum atomic E-state index is 12.0. The van der Waals surface area contributed by atoms with Gasteiger partial charge in [0.15, 0.2) is 0 Å². The summed E-state index contributed by atoms with van der Waals surface area (Å²) in [5.74, 6) is -0.105. The highest BCUT2D eigenvalue weighted by molar-refractivity contribution is 5.82. The molecule has 0 spiro atoms. The summed E-state index contributed by atoms with van der Waals surface area (Å²) in [6.45, 7) is 0.861. The molecule has 1 rings (SSSR count). The number of hydrogen-bond donors (Lipinski definition) is 2. The lowest BCUT2D eigenvalue weighted by Crippen LogP contribution is -2.36. The highest BCUT2D eigenvalue weighted by atomic mass is 16.2. The molecule has 3 N–H and O–H groups in total. The first-order valence-electron chi connectivity index (χ1n) is 6.16. The van der Waals surface area contributed by atoms with E-state index in [1.807, 2.05) is 0 Å². The van der Waals surface area contributed by atoms with Crippen molar-refractivity contribution in [3.63, 3.8) is 0 Å². The van der Waals surface area contributed by atoms with Crippen LogP contribution in [0.5, 0.6) is 0 Å². The molecule has 0 saturated carbocycles. The Morgan fingerprint density at radius 1 is 1.56 bits per heavy atom. The largest absolute Gasteiger partial charge is 0.396 e. The van der Waals surface area contributed by atoms with E-state index in [9.17, 15) is 4.79 Å². The smallest absolute Gasteiger partial charge is 0.243 e. The molecule has 1 aromatic heterocycles. The van der Waals surface area contributed by atoms with E-state index in [-0.39, 0.29) is 12.5 Å². The van der Waals surface area contributed by atoms with Gasteiger partial charge in [-0.25, -0.2) is 0 Å². The van der Waals surface area contributed by atoms with Crippen LogP contribution >= 0.6 is 0 Å². The second-order valence-electron chi connectivity index (χ2n) is 4.47. The van der Waals surface area contributed by atoms with Crippen LogP contribution in [0.4, 0.5) is 0 Å². The Bertz CT molecular complexity index is 378. The van der Waals surface area contributed by atoms with Crippen molar-refractivity contribution in [3.8, 4) is 0 Å². The molecule has 0 saturated heterocycles. The molecule has 1 heterocycles. The molecule has 6 heteroatoms. The van der Waals surface area contributed by atoms with Gasteiger partial charge in [0.05, 0.1) is 6.20 Å². The van der Waals surface area contributed by atoms with Crippen LogP contribution in [0.25, 0.3) is 0 Å². The fraction of sp³-hybridized carbons (Fsp3) is 0.667. The second-order valence-corrected chi connectivity index (χ2v) is 4.47. The Balaban J connectivity index is 2.43. The molecule has 0 aliphatic rings. The molecule has 0 bridgehead atoms. The van der Waals surface area contributed by atoms with E-state index in [1.165, 1.54) is 0 Å². The summed E-state index contributed by atoms with van der Waals surface area (Å²) in [4.78, 5) is 13.7. The number of aliphatic hydroxyl groups excluding tert-OH is 1. The zero-order valence-corrected chi connectivity index (χ0v) is 11.0. The zero-order valence-electron chi connectivity index (χ0n) is 11.0. The van der Waals surface area contributed by atoms with Gasteiger partial charge in [0, 0.05) is 39.0 Å². The van der Waals surface area contributed by atoms with Crippen LogP contribution in [0.15, 0.2) is 12.4 Å². The predicted molar refractivity (Wildman–Crippen MR) is 68.7 cm³/mol. The summed E-state index contributed by atoms with van der Waals surface area (Å²) >= 11 is 0. The first-order valence-corrected chi connectivity index (χ1v) is 6.16. The van der Waals surface area contributed by atoms with E-state index in [4.69, 9.17) is 10.8 Å². The molecule has 18 heavy (non-hydrogen) atoms. The van der Waals surface area contributed by atoms with Gasteiger partial charge in [-0.3, -0.25) is 9.48 Å². The van der Waals surface area contributed by atoms with Crippen molar-refractivity contribution in [2.24, 2.45) is 12.8 Å². The van der Waals surface area contributed by atoms with E-state index < -0.39 is 6.04 Å². The van der Waals surface area contributed by atoms with Crippen LogP contribution in [-0.4, -0.2) is 45.9 Å². The average Bonchev–Trinajstić information content (AvgIpc) is 2.79. The topological polar surface area (TPSA) is 84.4 Å². The van der Waals surface area contributed by atoms with Crippen molar-refractivity contribution in [1.82, 2.24) is 14.7 Å². The van der Waals surface area contributed by atoms with E-state index in [2.05, 4.69) is 5.10 Å². The molecule has 0 aliphatic heterocycles. The van der Waals surface area contributed by atoms with Crippen LogP contribution < -0.4 is 5.73 Å². The van der Waals surface area contributed by atoms with Crippen molar-refractivity contribution in [2.45, 2.75) is 25.3 Å². The monoisotopic (exact) mass is 254 g/mol. The number of nitrogens with two attached hydrogens (primary N) is 1. The van der Waals surface area contributed by atoms with Gasteiger partial charge in [-0.1, -0.05) is 0 Å². The number of aryl methyl sites for hydroxylation is 1. The number of nitrogens with zero attached hydrogens (tertiary/aromatic N) is 3. The molecule has 0 radical (unpaired) electrons. The summed E-state index contributed by atoms with van der Waals surface area (Å²) in [7, 11) is 3.54. The highest BCUT2D eigenvalue weighted by Gasteiger charge is 2.20. The molecule has 6 nitrogen and oxygen atoms in total. The second kappa shape index (κ2) is 7.13. The van der Waals surface area contributed by atoms with Crippen LogP contribution in [0.3, 0.4) is 0 Å². The Morgan fingerprint density at radius 3 is 2.83 bits per heavy atom. The number of amides is 1. The SMILES string of the molecule is CN(CCCCCO)C(=O)C(N)c1cnn(C)c1. The van der Waals surface area contributed by atoms with Crippen molar-refractivity contribution < 1.29 is 9.90 Å². The zero-order chi connectivity index (χ0) is 13.5. The lowest BCUT2D eigenvalue weighted by atomic mass is 10.1. The van der Waals surface area contributed by atoms with Gasteiger partial charge >= 0.3 is 0 Å². The third-order valence-corrected chi connectivity index (χ3v) is 2.88. The van der Waals surface area contributed by atoms with Crippen LogP contribution in [-0.2, 0) is 11.8 Å². The van der Waals surface area contributed by atoms with Crippen molar-refractivity contribution in [1.29, 1.82) is 0 Å². The van der Waals surface area contributed by atoms with Crippen LogP contribution in [0.1, 0.15) is 30.9 Å². The maximum absolute atomic E-state index is 12.0. The van der Waals surface area contributed by atoms with Crippen molar-refractivity contribution in [2.75, 3.05) is 20.2 Å². The minimum absolute atomic E-state index is 0.105. The van der Waals surface area contributed by atoms with Gasteiger partial charge in [0.1, 0.15) is 6.04 Å². The number of carbonyl (C=O) groups is 1. The molecule has 0 aromatic carbocycles. The first kappa shape index (κ1) is 14.7. The minimum atomic E-state index is -0.651. The Labute approximate surface area is 107 Å². The molecule has 1 amide bonds. The number of likely N-dealkylation sites (N-methyl/N-ethyl adjacent to an activating group) is 1. The van der Waals surface area contributed by atoms with Gasteiger partial charge in [0.25, 0.3) is 0 Å². The molecule has 1 atom stereocenters. The van der Waals surface area contributed by atoms with Gasteiger partial charge in [-0.15, -0.1) is 0 Å². The summed E-state index contributed by atoms with van der Waals surface area (Å²) in [6.07, 6.45) is 5.93. The summed E-state index contributed by atoms with van der Waals surface area (Å²) < 4.78 is 1.63. The summed E-state index contributed by atoms with van der Waals surface area (Å²) in [5, 5.41) is 12.7. The normalized spacial score (nSPS) is 12.4. The molecule has 1 aromatic rings. The molecular formula is C12H22N4O2. The molecule has 102 valence electrons. The number of carbonyl (C=O) groups excluding carboxylic acids is 1. The third-order valence-electron chi connectivity index (χ3n) is 2.88. The van der Waals surface area contributed by atoms with Gasteiger partial charge < -0.3 is 15.7 Å².